The molecule has 0 atom stereocenters. The van der Waals surface area contributed by atoms with E-state index in [0.717, 1.165) is 66.5 Å². The van der Waals surface area contributed by atoms with Crippen molar-refractivity contribution in [2.24, 2.45) is 4.99 Å². The standard InChI is InChI=1S/C45H44N6O3/c1-49-26-28-51(29-27-49)25-24-41(53)50(2)37-21-18-35(19-22-37)47-44(34-16-10-5-11-17-34)42(33-14-8-4-9-15-33)43-38-31-36(20-23-39(38)48-45(43)54)46-40(52)30-32-12-6-3-7-13-32/h3-23,31,47H,24-30H2,1-2H3,(H,46,52). The summed E-state index contributed by atoms with van der Waals surface area (Å²) in [5.74, 6) is -0.445. The van der Waals surface area contributed by atoms with Gasteiger partial charge in [0.1, 0.15) is 0 Å². The molecule has 9 nitrogen and oxygen atoms in total. The second-order valence-electron chi connectivity index (χ2n) is 13.7. The highest BCUT2D eigenvalue weighted by atomic mass is 16.2. The summed E-state index contributed by atoms with van der Waals surface area (Å²) >= 11 is 0. The molecule has 2 aliphatic heterocycles. The van der Waals surface area contributed by atoms with E-state index in [4.69, 9.17) is 0 Å². The van der Waals surface area contributed by atoms with Crippen LogP contribution in [0.5, 0.6) is 0 Å². The molecular formula is C45H44N6O3. The Bertz CT molecular complexity index is 2280. The number of likely N-dealkylation sites (N-methyl/N-ethyl adjacent to an activating group) is 1. The predicted molar refractivity (Wildman–Crippen MR) is 216 cm³/mol. The van der Waals surface area contributed by atoms with Crippen LogP contribution in [-0.2, 0) is 20.8 Å². The van der Waals surface area contributed by atoms with Crippen LogP contribution in [0.4, 0.5) is 17.1 Å². The van der Waals surface area contributed by atoms with Gasteiger partial charge < -0.3 is 25.3 Å². The third-order valence-electron chi connectivity index (χ3n) is 9.95. The van der Waals surface area contributed by atoms with E-state index in [9.17, 15) is 14.4 Å². The predicted octanol–water partition coefficient (Wildman–Crippen LogP) is 5.46. The molecule has 0 aliphatic carbocycles. The van der Waals surface area contributed by atoms with E-state index < -0.39 is 0 Å². The summed E-state index contributed by atoms with van der Waals surface area (Å²) in [5, 5.41) is 7.84. The Balaban J connectivity index is 1.23. The molecule has 0 saturated carbocycles. The van der Waals surface area contributed by atoms with Crippen LogP contribution >= 0.6 is 0 Å². The van der Waals surface area contributed by atoms with E-state index in [1.807, 2.05) is 128 Å². The lowest BCUT2D eigenvalue weighted by atomic mass is 9.91. The first-order valence-electron chi connectivity index (χ1n) is 18.3. The first-order valence-corrected chi connectivity index (χ1v) is 18.3. The van der Waals surface area contributed by atoms with Crippen LogP contribution in [0, 0.1) is 0 Å². The summed E-state index contributed by atoms with van der Waals surface area (Å²) < 4.78 is 0. The number of nitrogens with zero attached hydrogens (tertiary/aromatic N) is 4. The Morgan fingerprint density at radius 2 is 1.33 bits per heavy atom. The summed E-state index contributed by atoms with van der Waals surface area (Å²) in [5.41, 5.74) is 6.61. The summed E-state index contributed by atoms with van der Waals surface area (Å²) in [4.78, 5) is 51.0. The lowest BCUT2D eigenvalue weighted by molar-refractivity contribution is -0.119. The van der Waals surface area contributed by atoms with Crippen molar-refractivity contribution in [3.63, 3.8) is 0 Å². The van der Waals surface area contributed by atoms with Gasteiger partial charge in [-0.05, 0) is 66.2 Å². The molecule has 54 heavy (non-hydrogen) atoms. The van der Waals surface area contributed by atoms with E-state index >= 15 is 0 Å². The van der Waals surface area contributed by atoms with Crippen LogP contribution in [0.3, 0.4) is 0 Å². The zero-order chi connectivity index (χ0) is 37.4. The maximum absolute atomic E-state index is 14.0. The number of hydrogen-bond acceptors (Lipinski definition) is 6. The highest BCUT2D eigenvalue weighted by molar-refractivity contribution is 6.35. The van der Waals surface area contributed by atoms with E-state index in [-0.39, 0.29) is 24.1 Å². The van der Waals surface area contributed by atoms with Gasteiger partial charge in [0.2, 0.25) is 11.8 Å². The lowest BCUT2D eigenvalue weighted by Gasteiger charge is -2.32. The van der Waals surface area contributed by atoms with Crippen molar-refractivity contribution in [3.8, 4) is 0 Å². The molecule has 3 amide bonds. The molecule has 272 valence electrons. The average molecular weight is 717 g/mol. The van der Waals surface area contributed by atoms with Crippen molar-refractivity contribution in [2.45, 2.75) is 12.8 Å². The summed E-state index contributed by atoms with van der Waals surface area (Å²) in [6.07, 6.45) is 0.688. The third kappa shape index (κ3) is 8.55. The highest BCUT2D eigenvalue weighted by Crippen LogP contribution is 2.35. The van der Waals surface area contributed by atoms with Crippen molar-refractivity contribution >= 4 is 51.6 Å². The fourth-order valence-electron chi connectivity index (χ4n) is 6.87. The summed E-state index contributed by atoms with van der Waals surface area (Å²) in [6, 6.07) is 42.4. The minimum Gasteiger partial charge on any atom is -0.355 e. The molecule has 0 radical (unpaired) electrons. The molecule has 7 rings (SSSR count). The maximum atomic E-state index is 14.0. The van der Waals surface area contributed by atoms with Crippen LogP contribution in [0.2, 0.25) is 0 Å². The number of benzene rings is 5. The number of amides is 3. The molecule has 2 N–H and O–H groups in total. The van der Waals surface area contributed by atoms with Crippen LogP contribution in [0.15, 0.2) is 138 Å². The van der Waals surface area contributed by atoms with Gasteiger partial charge in [-0.1, -0.05) is 91.0 Å². The summed E-state index contributed by atoms with van der Waals surface area (Å²) in [7, 11) is 3.95. The zero-order valence-corrected chi connectivity index (χ0v) is 30.7. The second-order valence-corrected chi connectivity index (χ2v) is 13.7. The van der Waals surface area contributed by atoms with Gasteiger partial charge in [-0.2, -0.15) is 0 Å². The van der Waals surface area contributed by atoms with Crippen molar-refractivity contribution < 1.29 is 14.4 Å². The number of piperazine rings is 1. The number of nitrogens with one attached hydrogen (secondary N) is 2. The Kier molecular flexibility index (Phi) is 11.2. The Hall–Kier alpha value is -6.16. The number of fused-ring (bicyclic) bond motifs is 1. The molecule has 0 unspecified atom stereocenters. The molecule has 0 aromatic heterocycles. The Morgan fingerprint density at radius 1 is 0.722 bits per heavy atom. The van der Waals surface area contributed by atoms with Gasteiger partial charge >= 0.3 is 0 Å². The average Bonchev–Trinajstić information content (AvgIpc) is 3.52. The molecule has 0 spiro atoms. The van der Waals surface area contributed by atoms with E-state index in [2.05, 4.69) is 32.5 Å². The van der Waals surface area contributed by atoms with Crippen LogP contribution in [0.25, 0.3) is 16.8 Å². The van der Waals surface area contributed by atoms with Gasteiger partial charge in [0.05, 0.1) is 23.0 Å². The number of carbonyl (C=O) groups excluding carboxylic acids is 3. The fraction of sp³-hybridized carbons (Fsp3) is 0.200. The minimum absolute atomic E-state index is 0.0695. The van der Waals surface area contributed by atoms with Gasteiger partial charge in [0, 0.05) is 74.0 Å². The summed E-state index contributed by atoms with van der Waals surface area (Å²) in [6.45, 7) is 4.75. The number of anilines is 3. The molecule has 2 heterocycles. The number of carbonyl (C=O) groups is 3. The van der Waals surface area contributed by atoms with Crippen LogP contribution in [-0.4, -0.2) is 74.3 Å². The fourth-order valence-corrected chi connectivity index (χ4v) is 6.87. The topological polar surface area (TPSA) is 97.3 Å². The van der Waals surface area contributed by atoms with Gasteiger partial charge in [-0.15, -0.1) is 0 Å². The molecule has 1 saturated heterocycles. The molecule has 2 aliphatic rings. The first kappa shape index (κ1) is 36.2. The van der Waals surface area contributed by atoms with Crippen molar-refractivity contribution in [3.05, 3.63) is 161 Å². The van der Waals surface area contributed by atoms with Gasteiger partial charge in [0.25, 0.3) is 5.91 Å². The number of hydrogen-bond donors (Lipinski definition) is 2. The van der Waals surface area contributed by atoms with Crippen molar-refractivity contribution in [1.82, 2.24) is 9.80 Å². The van der Waals surface area contributed by atoms with E-state index in [0.29, 0.717) is 33.8 Å². The largest absolute Gasteiger partial charge is 0.355 e. The quantitative estimate of drug-likeness (QED) is 0.167. The monoisotopic (exact) mass is 716 g/mol. The first-order chi connectivity index (χ1) is 26.3. The van der Waals surface area contributed by atoms with Crippen molar-refractivity contribution in [2.75, 3.05) is 62.4 Å². The van der Waals surface area contributed by atoms with Crippen LogP contribution < -0.4 is 26.1 Å². The molecule has 1 fully saturated rings. The van der Waals surface area contributed by atoms with Gasteiger partial charge in [-0.3, -0.25) is 14.4 Å². The van der Waals surface area contributed by atoms with Gasteiger partial charge in [0.15, 0.2) is 0 Å². The Morgan fingerprint density at radius 3 is 2.00 bits per heavy atom. The maximum Gasteiger partial charge on any atom is 0.278 e. The van der Waals surface area contributed by atoms with E-state index in [1.165, 1.54) is 0 Å². The highest BCUT2D eigenvalue weighted by Gasteiger charge is 2.26. The smallest absolute Gasteiger partial charge is 0.278 e. The lowest BCUT2D eigenvalue weighted by Crippen LogP contribution is -2.45. The third-order valence-corrected chi connectivity index (χ3v) is 9.95. The SMILES string of the molecule is CN1CCN(CCC(=O)N(C)c2ccc(NC(=C(C3=c4cc(NC(=O)Cc5ccccc5)ccc4=NC3=O)c3ccccc3)c3ccccc3)cc2)CC1. The molecular weight excluding hydrogens is 673 g/mol. The molecule has 5 aromatic carbocycles. The minimum atomic E-state index is -0.362. The zero-order valence-electron chi connectivity index (χ0n) is 30.7. The molecule has 5 aromatic rings. The molecule has 9 heteroatoms. The normalized spacial score (nSPS) is 14.9. The number of rotatable bonds is 12. The van der Waals surface area contributed by atoms with E-state index in [1.54, 1.807) is 17.0 Å². The van der Waals surface area contributed by atoms with Crippen molar-refractivity contribution in [1.29, 1.82) is 0 Å². The molecule has 0 bridgehead atoms. The second kappa shape index (κ2) is 16.7. The van der Waals surface area contributed by atoms with Gasteiger partial charge in [-0.25, -0.2) is 4.99 Å². The Labute approximate surface area is 316 Å². The van der Waals surface area contributed by atoms with Crippen LogP contribution in [0.1, 0.15) is 23.1 Å².